The number of piperazine rings is 1. The molecule has 0 unspecified atom stereocenters. The maximum absolute atomic E-state index is 12.0. The van der Waals surface area contributed by atoms with E-state index in [0.717, 1.165) is 12.0 Å². The summed E-state index contributed by atoms with van der Waals surface area (Å²) in [5.74, 6) is -0.508. The lowest BCUT2D eigenvalue weighted by Gasteiger charge is -2.32. The number of pyridine rings is 1. The highest BCUT2D eigenvalue weighted by atomic mass is 16.2. The van der Waals surface area contributed by atoms with E-state index in [0.29, 0.717) is 32.7 Å². The van der Waals surface area contributed by atoms with Crippen LogP contribution in [0.15, 0.2) is 24.5 Å². The van der Waals surface area contributed by atoms with Crippen LogP contribution in [0.1, 0.15) is 12.0 Å². The smallest absolute Gasteiger partial charge is 0.232 e. The van der Waals surface area contributed by atoms with Crippen molar-refractivity contribution < 1.29 is 14.4 Å². The van der Waals surface area contributed by atoms with E-state index < -0.39 is 0 Å². The van der Waals surface area contributed by atoms with E-state index in [1.165, 1.54) is 0 Å². The fourth-order valence-corrected chi connectivity index (χ4v) is 2.09. The Morgan fingerprint density at radius 2 is 2.05 bits per heavy atom. The summed E-state index contributed by atoms with van der Waals surface area (Å²) >= 11 is 0. The second-order valence-electron chi connectivity index (χ2n) is 4.84. The Morgan fingerprint density at radius 1 is 1.29 bits per heavy atom. The molecule has 1 fully saturated rings. The number of rotatable bonds is 5. The minimum Gasteiger partial charge on any atom is -0.352 e. The lowest BCUT2D eigenvalue weighted by Crippen LogP contribution is -2.48. The predicted octanol–water partition coefficient (Wildman–Crippen LogP) is -0.611. The van der Waals surface area contributed by atoms with E-state index in [4.69, 9.17) is 0 Å². The van der Waals surface area contributed by atoms with Gasteiger partial charge in [-0.15, -0.1) is 0 Å². The zero-order valence-corrected chi connectivity index (χ0v) is 11.7. The Hall–Kier alpha value is -2.44. The number of carbonyl (C=O) groups excluding carboxylic acids is 3. The van der Waals surface area contributed by atoms with Crippen molar-refractivity contribution in [1.82, 2.24) is 20.1 Å². The number of hydrogen-bond donors (Lipinski definition) is 1. The molecule has 1 aromatic heterocycles. The van der Waals surface area contributed by atoms with E-state index >= 15 is 0 Å². The van der Waals surface area contributed by atoms with Crippen molar-refractivity contribution in [1.29, 1.82) is 0 Å². The summed E-state index contributed by atoms with van der Waals surface area (Å²) in [6.07, 6.45) is 3.94. The average molecular weight is 290 g/mol. The van der Waals surface area contributed by atoms with Crippen molar-refractivity contribution in [2.45, 2.75) is 13.0 Å². The summed E-state index contributed by atoms with van der Waals surface area (Å²) in [5, 5.41) is 2.70. The molecular formula is C14H18N4O3. The minimum absolute atomic E-state index is 0.165. The zero-order valence-electron chi connectivity index (χ0n) is 11.7. The van der Waals surface area contributed by atoms with Gasteiger partial charge in [0.15, 0.2) is 0 Å². The van der Waals surface area contributed by atoms with Crippen molar-refractivity contribution in [2.75, 3.05) is 26.2 Å². The Labute approximate surface area is 122 Å². The molecule has 1 aliphatic heterocycles. The van der Waals surface area contributed by atoms with E-state index in [1.54, 1.807) is 28.3 Å². The van der Waals surface area contributed by atoms with Gasteiger partial charge in [0, 0.05) is 45.1 Å². The van der Waals surface area contributed by atoms with Crippen molar-refractivity contribution in [3.63, 3.8) is 0 Å². The van der Waals surface area contributed by atoms with Gasteiger partial charge in [-0.1, -0.05) is 6.07 Å². The highest BCUT2D eigenvalue weighted by Crippen LogP contribution is 2.02. The molecule has 0 radical (unpaired) electrons. The molecule has 1 aromatic rings. The van der Waals surface area contributed by atoms with Gasteiger partial charge >= 0.3 is 0 Å². The van der Waals surface area contributed by atoms with E-state index in [-0.39, 0.29) is 18.2 Å². The third-order valence-corrected chi connectivity index (χ3v) is 3.34. The summed E-state index contributed by atoms with van der Waals surface area (Å²) in [7, 11) is 0. The van der Waals surface area contributed by atoms with Gasteiger partial charge in [-0.05, 0) is 11.6 Å². The highest BCUT2D eigenvalue weighted by Gasteiger charge is 2.21. The SMILES string of the molecule is O=CN1CCN(C(=O)CC(=O)NCc2cccnc2)CC1. The maximum atomic E-state index is 12.0. The zero-order chi connectivity index (χ0) is 15.1. The first-order valence-corrected chi connectivity index (χ1v) is 6.82. The Morgan fingerprint density at radius 3 is 2.67 bits per heavy atom. The first-order valence-electron chi connectivity index (χ1n) is 6.82. The van der Waals surface area contributed by atoms with Gasteiger partial charge in [0.05, 0.1) is 0 Å². The average Bonchev–Trinajstić information content (AvgIpc) is 2.54. The molecule has 1 saturated heterocycles. The molecule has 0 bridgehead atoms. The quantitative estimate of drug-likeness (QED) is 0.579. The molecule has 0 atom stereocenters. The molecule has 7 heteroatoms. The standard InChI is InChI=1S/C14H18N4O3/c19-11-17-4-6-18(7-5-17)14(21)8-13(20)16-10-12-2-1-3-15-9-12/h1-3,9,11H,4-8,10H2,(H,16,20). The van der Waals surface area contributed by atoms with Crippen molar-refractivity contribution >= 4 is 18.2 Å². The van der Waals surface area contributed by atoms with Crippen LogP contribution in [0.3, 0.4) is 0 Å². The topological polar surface area (TPSA) is 82.6 Å². The monoisotopic (exact) mass is 290 g/mol. The number of carbonyl (C=O) groups is 3. The number of nitrogens with zero attached hydrogens (tertiary/aromatic N) is 3. The maximum Gasteiger partial charge on any atom is 0.232 e. The molecule has 112 valence electrons. The van der Waals surface area contributed by atoms with Crippen LogP contribution in [-0.4, -0.2) is 59.2 Å². The third kappa shape index (κ3) is 4.55. The fourth-order valence-electron chi connectivity index (χ4n) is 2.09. The second-order valence-corrected chi connectivity index (χ2v) is 4.84. The van der Waals surface area contributed by atoms with Gasteiger partial charge in [0.2, 0.25) is 18.2 Å². The van der Waals surface area contributed by atoms with Gasteiger partial charge in [0.1, 0.15) is 6.42 Å². The summed E-state index contributed by atoms with van der Waals surface area (Å²) in [5.41, 5.74) is 0.887. The molecule has 0 saturated carbocycles. The molecule has 0 aromatic carbocycles. The minimum atomic E-state index is -0.304. The van der Waals surface area contributed by atoms with Crippen LogP contribution in [-0.2, 0) is 20.9 Å². The molecule has 3 amide bonds. The molecule has 7 nitrogen and oxygen atoms in total. The number of hydrogen-bond acceptors (Lipinski definition) is 4. The molecular weight excluding hydrogens is 272 g/mol. The fraction of sp³-hybridized carbons (Fsp3) is 0.429. The van der Waals surface area contributed by atoms with Crippen LogP contribution >= 0.6 is 0 Å². The highest BCUT2D eigenvalue weighted by molar-refractivity contribution is 5.96. The third-order valence-electron chi connectivity index (χ3n) is 3.34. The molecule has 2 rings (SSSR count). The largest absolute Gasteiger partial charge is 0.352 e. The van der Waals surface area contributed by atoms with Gasteiger partial charge in [-0.3, -0.25) is 19.4 Å². The molecule has 1 aliphatic rings. The van der Waals surface area contributed by atoms with E-state index in [2.05, 4.69) is 10.3 Å². The molecule has 0 aliphatic carbocycles. The van der Waals surface area contributed by atoms with Crippen LogP contribution in [0.5, 0.6) is 0 Å². The first-order chi connectivity index (χ1) is 10.2. The molecule has 21 heavy (non-hydrogen) atoms. The predicted molar refractivity (Wildman–Crippen MR) is 74.9 cm³/mol. The molecule has 2 heterocycles. The Balaban J connectivity index is 1.72. The number of nitrogens with one attached hydrogen (secondary N) is 1. The number of aromatic nitrogens is 1. The van der Waals surface area contributed by atoms with Gasteiger partial charge in [-0.2, -0.15) is 0 Å². The Kier molecular flexibility index (Phi) is 5.25. The van der Waals surface area contributed by atoms with Crippen LogP contribution in [0.25, 0.3) is 0 Å². The van der Waals surface area contributed by atoms with Crippen LogP contribution in [0.2, 0.25) is 0 Å². The van der Waals surface area contributed by atoms with Crippen molar-refractivity contribution in [3.05, 3.63) is 30.1 Å². The molecule has 0 spiro atoms. The van der Waals surface area contributed by atoms with E-state index in [9.17, 15) is 14.4 Å². The van der Waals surface area contributed by atoms with Crippen molar-refractivity contribution in [3.8, 4) is 0 Å². The second kappa shape index (κ2) is 7.37. The van der Waals surface area contributed by atoms with Crippen LogP contribution in [0, 0.1) is 0 Å². The lowest BCUT2D eigenvalue weighted by atomic mass is 10.2. The normalized spacial score (nSPS) is 14.7. The van der Waals surface area contributed by atoms with Gasteiger partial charge < -0.3 is 15.1 Å². The lowest BCUT2D eigenvalue weighted by molar-refractivity contribution is -0.139. The molecule has 1 N–H and O–H groups in total. The van der Waals surface area contributed by atoms with Crippen LogP contribution in [0.4, 0.5) is 0 Å². The van der Waals surface area contributed by atoms with Gasteiger partial charge in [-0.25, -0.2) is 0 Å². The Bertz CT molecular complexity index is 498. The van der Waals surface area contributed by atoms with Crippen LogP contribution < -0.4 is 5.32 Å². The van der Waals surface area contributed by atoms with Crippen molar-refractivity contribution in [2.24, 2.45) is 0 Å². The number of amides is 3. The summed E-state index contributed by atoms with van der Waals surface area (Å²) < 4.78 is 0. The van der Waals surface area contributed by atoms with E-state index in [1.807, 2.05) is 6.07 Å². The summed E-state index contributed by atoms with van der Waals surface area (Å²) in [6.45, 7) is 2.36. The first kappa shape index (κ1) is 15.0. The van der Waals surface area contributed by atoms with Gasteiger partial charge in [0.25, 0.3) is 0 Å². The summed E-state index contributed by atoms with van der Waals surface area (Å²) in [6, 6.07) is 3.65. The summed E-state index contributed by atoms with van der Waals surface area (Å²) in [4.78, 5) is 41.5.